The van der Waals surface area contributed by atoms with Crippen LogP contribution in [0, 0.1) is 5.82 Å². The van der Waals surface area contributed by atoms with Crippen molar-refractivity contribution in [2.45, 2.75) is 39.5 Å². The maximum atomic E-state index is 13.5. The Labute approximate surface area is 165 Å². The number of anilines is 1. The van der Waals surface area contributed by atoms with Gasteiger partial charge in [0.25, 0.3) is 5.91 Å². The van der Waals surface area contributed by atoms with Crippen molar-refractivity contribution in [1.29, 1.82) is 0 Å². The van der Waals surface area contributed by atoms with Gasteiger partial charge in [-0.3, -0.25) is 4.79 Å². The lowest BCUT2D eigenvalue weighted by molar-refractivity contribution is -0.142. The Morgan fingerprint density at radius 3 is 2.18 bits per heavy atom. The first-order chi connectivity index (χ1) is 13.3. The predicted octanol–water partition coefficient (Wildman–Crippen LogP) is 5.27. The first-order valence-electron chi connectivity index (χ1n) is 9.31. The number of carbonyl (C=O) groups excluding carboxylic acids is 2. The van der Waals surface area contributed by atoms with Gasteiger partial charge in [0.2, 0.25) is 0 Å². The summed E-state index contributed by atoms with van der Waals surface area (Å²) in [6.45, 7) is 7.82. The van der Waals surface area contributed by atoms with Gasteiger partial charge in [-0.1, -0.05) is 64.1 Å². The van der Waals surface area contributed by atoms with E-state index in [-0.39, 0.29) is 17.4 Å². The number of hydrogen-bond donors (Lipinski definition) is 1. The molecule has 0 atom stereocenters. The van der Waals surface area contributed by atoms with E-state index < -0.39 is 24.3 Å². The third-order valence-electron chi connectivity index (χ3n) is 4.29. The van der Waals surface area contributed by atoms with Crippen molar-refractivity contribution in [2.24, 2.45) is 0 Å². The molecular weight excluding hydrogens is 357 g/mol. The number of benzene rings is 2. The van der Waals surface area contributed by atoms with E-state index in [9.17, 15) is 14.0 Å². The number of esters is 1. The number of amides is 1. The van der Waals surface area contributed by atoms with Crippen molar-refractivity contribution in [1.82, 2.24) is 0 Å². The molecule has 5 heteroatoms. The van der Waals surface area contributed by atoms with E-state index in [0.717, 1.165) is 22.9 Å². The fraction of sp³-hybridized carbons (Fsp3) is 0.304. The molecule has 4 nitrogen and oxygen atoms in total. The van der Waals surface area contributed by atoms with Crippen LogP contribution in [-0.4, -0.2) is 18.5 Å². The van der Waals surface area contributed by atoms with E-state index in [1.165, 1.54) is 12.1 Å². The van der Waals surface area contributed by atoms with Crippen LogP contribution in [0.2, 0.25) is 0 Å². The lowest BCUT2D eigenvalue weighted by Gasteiger charge is -2.20. The normalized spacial score (nSPS) is 11.2. The van der Waals surface area contributed by atoms with Gasteiger partial charge in [0, 0.05) is 17.3 Å². The Hall–Kier alpha value is -2.95. The van der Waals surface area contributed by atoms with Crippen LogP contribution in [0.1, 0.15) is 56.2 Å². The molecule has 148 valence electrons. The van der Waals surface area contributed by atoms with Crippen LogP contribution in [0.15, 0.2) is 48.5 Å². The minimum Gasteiger partial charge on any atom is -0.452 e. The molecule has 0 radical (unpaired) electrons. The zero-order valence-corrected chi connectivity index (χ0v) is 16.7. The molecule has 0 spiro atoms. The monoisotopic (exact) mass is 383 g/mol. The average Bonchev–Trinajstić information content (AvgIpc) is 2.65. The zero-order valence-electron chi connectivity index (χ0n) is 16.7. The van der Waals surface area contributed by atoms with Crippen molar-refractivity contribution in [3.63, 3.8) is 0 Å². The number of nitrogens with one attached hydrogen (secondary N) is 1. The van der Waals surface area contributed by atoms with Crippen LogP contribution in [-0.2, 0) is 14.3 Å². The molecule has 2 aromatic rings. The maximum absolute atomic E-state index is 13.5. The topological polar surface area (TPSA) is 55.4 Å². The van der Waals surface area contributed by atoms with Crippen LogP contribution in [0.3, 0.4) is 0 Å². The van der Waals surface area contributed by atoms with Crippen LogP contribution in [0.25, 0.3) is 6.08 Å². The third kappa shape index (κ3) is 5.78. The average molecular weight is 383 g/mol. The molecule has 2 aromatic carbocycles. The summed E-state index contributed by atoms with van der Waals surface area (Å²) in [4.78, 5) is 24.1. The highest BCUT2D eigenvalue weighted by atomic mass is 19.1. The lowest BCUT2D eigenvalue weighted by Crippen LogP contribution is -2.22. The highest BCUT2D eigenvalue weighted by molar-refractivity contribution is 5.96. The Morgan fingerprint density at radius 1 is 1.00 bits per heavy atom. The van der Waals surface area contributed by atoms with Gasteiger partial charge in [0.15, 0.2) is 6.61 Å². The maximum Gasteiger partial charge on any atom is 0.331 e. The molecule has 2 rings (SSSR count). The molecule has 0 aliphatic rings. The molecule has 0 saturated carbocycles. The van der Waals surface area contributed by atoms with Gasteiger partial charge < -0.3 is 10.1 Å². The van der Waals surface area contributed by atoms with Crippen LogP contribution >= 0.6 is 0 Å². The molecule has 0 unspecified atom stereocenters. The second-order valence-corrected chi connectivity index (χ2v) is 7.13. The van der Waals surface area contributed by atoms with Gasteiger partial charge in [0.1, 0.15) is 5.82 Å². The zero-order chi connectivity index (χ0) is 20.7. The first kappa shape index (κ1) is 21.4. The van der Waals surface area contributed by atoms with Gasteiger partial charge in [-0.2, -0.15) is 0 Å². The van der Waals surface area contributed by atoms with Gasteiger partial charge >= 0.3 is 5.97 Å². The largest absolute Gasteiger partial charge is 0.452 e. The standard InChI is InChI=1S/C23H26FNO3/c1-15(2)18-9-7-10-19(16(3)4)23(18)25-21(26)14-28-22(27)13-12-17-8-5-6-11-20(17)24/h5-13,15-16H,14H2,1-4H3,(H,25,26)/b13-12+. The van der Waals surface area contributed by atoms with E-state index in [4.69, 9.17) is 4.74 Å². The van der Waals surface area contributed by atoms with E-state index in [2.05, 4.69) is 33.0 Å². The van der Waals surface area contributed by atoms with Gasteiger partial charge in [-0.05, 0) is 35.1 Å². The lowest BCUT2D eigenvalue weighted by atomic mass is 9.92. The number of hydrogen-bond acceptors (Lipinski definition) is 3. The highest BCUT2D eigenvalue weighted by Gasteiger charge is 2.16. The quantitative estimate of drug-likeness (QED) is 0.524. The van der Waals surface area contributed by atoms with Crippen LogP contribution in [0.5, 0.6) is 0 Å². The van der Waals surface area contributed by atoms with Gasteiger partial charge in [-0.15, -0.1) is 0 Å². The smallest absolute Gasteiger partial charge is 0.331 e. The molecule has 0 aromatic heterocycles. The number of carbonyl (C=O) groups is 2. The minimum absolute atomic E-state index is 0.236. The van der Waals surface area contributed by atoms with Gasteiger partial charge in [-0.25, -0.2) is 9.18 Å². The summed E-state index contributed by atoms with van der Waals surface area (Å²) in [6, 6.07) is 12.0. The molecule has 0 aliphatic carbocycles. The van der Waals surface area contributed by atoms with E-state index in [0.29, 0.717) is 0 Å². The molecular formula is C23H26FNO3. The van der Waals surface area contributed by atoms with Crippen molar-refractivity contribution < 1.29 is 18.7 Å². The van der Waals surface area contributed by atoms with Crippen molar-refractivity contribution in [3.05, 3.63) is 71.0 Å². The van der Waals surface area contributed by atoms with Crippen molar-refractivity contribution in [3.8, 4) is 0 Å². The summed E-state index contributed by atoms with van der Waals surface area (Å²) in [5.74, 6) is -1.08. The summed E-state index contributed by atoms with van der Waals surface area (Å²) in [7, 11) is 0. The summed E-state index contributed by atoms with van der Waals surface area (Å²) in [5, 5.41) is 2.88. The molecule has 0 heterocycles. The van der Waals surface area contributed by atoms with Gasteiger partial charge in [0.05, 0.1) is 0 Å². The van der Waals surface area contributed by atoms with Crippen molar-refractivity contribution in [2.75, 3.05) is 11.9 Å². The fourth-order valence-corrected chi connectivity index (χ4v) is 2.82. The van der Waals surface area contributed by atoms with Crippen LogP contribution in [0.4, 0.5) is 10.1 Å². The molecule has 1 amide bonds. The number of halogens is 1. The molecule has 0 bridgehead atoms. The first-order valence-corrected chi connectivity index (χ1v) is 9.31. The van der Waals surface area contributed by atoms with Crippen molar-refractivity contribution >= 4 is 23.6 Å². The number of para-hydroxylation sites is 1. The van der Waals surface area contributed by atoms with E-state index in [1.807, 2.05) is 18.2 Å². The van der Waals surface area contributed by atoms with E-state index in [1.54, 1.807) is 18.2 Å². The Bertz CT molecular complexity index is 846. The molecule has 0 fully saturated rings. The summed E-state index contributed by atoms with van der Waals surface area (Å²) in [6.07, 6.45) is 2.42. The fourth-order valence-electron chi connectivity index (χ4n) is 2.82. The minimum atomic E-state index is -0.709. The number of ether oxygens (including phenoxy) is 1. The highest BCUT2D eigenvalue weighted by Crippen LogP contribution is 2.32. The second kappa shape index (κ2) is 9.83. The molecule has 0 aliphatic heterocycles. The molecule has 0 saturated heterocycles. The third-order valence-corrected chi connectivity index (χ3v) is 4.29. The van der Waals surface area contributed by atoms with E-state index >= 15 is 0 Å². The summed E-state index contributed by atoms with van der Waals surface area (Å²) in [5.41, 5.74) is 3.11. The SMILES string of the molecule is CC(C)c1cccc(C(C)C)c1NC(=O)COC(=O)/C=C/c1ccccc1F. The Balaban J connectivity index is 2.01. The number of rotatable bonds is 7. The Kier molecular flexibility index (Phi) is 7.50. The molecule has 1 N–H and O–H groups in total. The second-order valence-electron chi connectivity index (χ2n) is 7.13. The van der Waals surface area contributed by atoms with Crippen LogP contribution < -0.4 is 5.32 Å². The summed E-state index contributed by atoms with van der Waals surface area (Å²) < 4.78 is 18.5. The predicted molar refractivity (Wildman–Crippen MR) is 110 cm³/mol. The molecule has 28 heavy (non-hydrogen) atoms. The Morgan fingerprint density at radius 2 is 1.61 bits per heavy atom. The summed E-state index contributed by atoms with van der Waals surface area (Å²) >= 11 is 0.